The summed E-state index contributed by atoms with van der Waals surface area (Å²) in [6.07, 6.45) is 20.8. The van der Waals surface area contributed by atoms with Gasteiger partial charge >= 0.3 is 0 Å². The highest BCUT2D eigenvalue weighted by Gasteiger charge is 2.37. The standard InChI is InChI=1S/C66H47N3.C60H37N3O/c1-2-15-52-50(13-1)51-14-3-4-16-53(51)59-39-45(31-38-54(52)59)44-29-34-47(35-30-44)67(49-40-60-57-19-7-11-23-64(57)69-65-24-12-8-20-58(65)61(41-49)66(60)69)46-32-25-42(26-33-46)43-27-36-48(37-28-43)68-62-21-9-5-17-55(62)56-18-6-10-22-63(56)68;1-6-16-54-46(11-1)47-12-2-7-17-55(47)62(54)44-32-23-39(24-33-44)38-21-28-42(29-22-38)61(43-30-25-40(26-31-43)41-27-34-51-50-15-5-10-20-58(50)64-59(51)35-41)45-36-52-48-13-3-8-18-56(48)63-57-19-9-4-14-49(57)53(37-45)60(52)63/h1-12,14-29,31-34,36-38,40-41,50,59H,13,30,35,39H2;1-37H. The van der Waals surface area contributed by atoms with E-state index in [9.17, 15) is 0 Å². The molecule has 0 radical (unpaired) electrons. The van der Waals surface area contributed by atoms with E-state index in [-0.39, 0.29) is 0 Å². The van der Waals surface area contributed by atoms with E-state index in [1.165, 1.54) is 193 Å². The van der Waals surface area contributed by atoms with Crippen molar-refractivity contribution in [3.05, 3.63) is 488 Å². The molecule has 0 aliphatic heterocycles. The van der Waals surface area contributed by atoms with Gasteiger partial charge < -0.3 is 32.2 Å². The first-order chi connectivity index (χ1) is 66.0. The maximum absolute atomic E-state index is 6.29. The molecule has 0 amide bonds. The van der Waals surface area contributed by atoms with Gasteiger partial charge in [-0.25, -0.2) is 0 Å². The van der Waals surface area contributed by atoms with E-state index in [0.717, 1.165) is 87.2 Å². The Kier molecular flexibility index (Phi) is 16.8. The monoisotopic (exact) mass is 1700 g/mol. The molecule has 7 heterocycles. The Morgan fingerprint density at radius 2 is 0.586 bits per heavy atom. The van der Waals surface area contributed by atoms with Crippen molar-refractivity contribution in [2.45, 2.75) is 37.5 Å². The van der Waals surface area contributed by atoms with Gasteiger partial charge in [-0.3, -0.25) is 0 Å². The smallest absolute Gasteiger partial charge is 0.136 e. The van der Waals surface area contributed by atoms with Crippen LogP contribution in [0.4, 0.5) is 28.4 Å². The van der Waals surface area contributed by atoms with E-state index in [1.54, 1.807) is 0 Å². The molecule has 18 aromatic carbocycles. The van der Waals surface area contributed by atoms with Crippen LogP contribution in [0.15, 0.2) is 481 Å². The molecule has 0 saturated heterocycles. The molecule has 133 heavy (non-hydrogen) atoms. The lowest BCUT2D eigenvalue weighted by Gasteiger charge is -2.39. The Hall–Kier alpha value is -17.0. The van der Waals surface area contributed by atoms with E-state index in [1.807, 2.05) is 12.1 Å². The topological polar surface area (TPSA) is 38.3 Å². The predicted octanol–water partition coefficient (Wildman–Crippen LogP) is 34.0. The number of hydrogen-bond acceptors (Lipinski definition) is 3. The molecule has 624 valence electrons. The lowest BCUT2D eigenvalue weighted by atomic mass is 9.65. The van der Waals surface area contributed by atoms with Gasteiger partial charge in [-0.05, 0) is 250 Å². The van der Waals surface area contributed by atoms with Crippen LogP contribution in [0.5, 0.6) is 0 Å². The van der Waals surface area contributed by atoms with Gasteiger partial charge in [-0.15, -0.1) is 0 Å². The summed E-state index contributed by atoms with van der Waals surface area (Å²) in [7, 11) is 0. The number of furan rings is 1. The summed E-state index contributed by atoms with van der Waals surface area (Å²) in [4.78, 5) is 4.95. The highest BCUT2D eigenvalue weighted by Crippen LogP contribution is 2.55. The summed E-state index contributed by atoms with van der Waals surface area (Å²) < 4.78 is 16.0. The largest absolute Gasteiger partial charge is 0.456 e. The highest BCUT2D eigenvalue weighted by molar-refractivity contribution is 6.26. The van der Waals surface area contributed by atoms with Crippen LogP contribution in [0.1, 0.15) is 48.6 Å². The number of anilines is 5. The van der Waals surface area contributed by atoms with Gasteiger partial charge in [0.2, 0.25) is 0 Å². The fourth-order valence-electron chi connectivity index (χ4n) is 23.3. The van der Waals surface area contributed by atoms with Crippen molar-refractivity contribution < 1.29 is 4.42 Å². The molecule has 4 aliphatic carbocycles. The molecule has 0 spiro atoms. The van der Waals surface area contributed by atoms with Gasteiger partial charge in [0.25, 0.3) is 0 Å². The molecule has 7 aromatic heterocycles. The zero-order valence-corrected chi connectivity index (χ0v) is 72.8. The molecule has 25 aromatic rings. The van der Waals surface area contributed by atoms with Crippen LogP contribution >= 0.6 is 0 Å². The van der Waals surface area contributed by atoms with Crippen LogP contribution in [-0.4, -0.2) is 17.9 Å². The van der Waals surface area contributed by atoms with Crippen LogP contribution in [0.25, 0.3) is 186 Å². The molecule has 2 unspecified atom stereocenters. The quantitative estimate of drug-likeness (QED) is 0.122. The molecule has 29 rings (SSSR count). The van der Waals surface area contributed by atoms with Crippen molar-refractivity contribution in [1.29, 1.82) is 0 Å². The van der Waals surface area contributed by atoms with Crippen LogP contribution in [0.2, 0.25) is 0 Å². The minimum atomic E-state index is 0.394. The molecule has 4 aliphatic rings. The number of aromatic nitrogens is 4. The molecule has 7 heteroatoms. The molecule has 0 bridgehead atoms. The summed E-state index contributed by atoms with van der Waals surface area (Å²) in [5.74, 6) is 0.862. The SMILES string of the molecule is C1=CCC2C(=C1)C1=CC=C(C3=CC=C(N(c4ccc(-c5ccc(-n6c7ccccc7c7ccccc76)cc5)cc4)c4cc5c6ccccc6n6c7ccccc7c(c4)c56)CC3)CC1c1ccccc12.c1ccc2c(c1)oc1cc(-c3ccc(N(c4ccc(-c5ccc(-n6c7ccccc7c7ccccc76)cc5)cc4)c4cc5c6ccccc6n6c7ccccc7c(c4)c56)cc3)ccc12. The number of benzene rings is 18. The third-order valence-electron chi connectivity index (χ3n) is 29.4. The van der Waals surface area contributed by atoms with Gasteiger partial charge in [0.1, 0.15) is 11.2 Å². The molecule has 0 saturated carbocycles. The number of nitrogens with zero attached hydrogens (tertiary/aromatic N) is 6. The van der Waals surface area contributed by atoms with Gasteiger partial charge in [-0.1, -0.05) is 291 Å². The normalized spacial score (nSPS) is 15.0. The van der Waals surface area contributed by atoms with Crippen molar-refractivity contribution in [3.8, 4) is 44.8 Å². The highest BCUT2D eigenvalue weighted by atomic mass is 16.3. The maximum Gasteiger partial charge on any atom is 0.136 e. The maximum atomic E-state index is 6.29. The third kappa shape index (κ3) is 11.7. The average Bonchev–Trinajstić information content (AvgIpc) is 1.54. The van der Waals surface area contributed by atoms with Crippen molar-refractivity contribution in [2.24, 2.45) is 0 Å². The molecular formula is C126H84N6O. The van der Waals surface area contributed by atoms with Crippen molar-refractivity contribution in [2.75, 3.05) is 9.80 Å². The second-order valence-corrected chi connectivity index (χ2v) is 36.4. The number of rotatable bonds is 12. The van der Waals surface area contributed by atoms with Crippen molar-refractivity contribution in [3.63, 3.8) is 0 Å². The average molecular weight is 1700 g/mol. The zero-order chi connectivity index (χ0) is 87.0. The lowest BCUT2D eigenvalue weighted by Crippen LogP contribution is -2.23. The predicted molar refractivity (Wildman–Crippen MR) is 558 cm³/mol. The summed E-state index contributed by atoms with van der Waals surface area (Å²) in [6, 6.07) is 149. The third-order valence-corrected chi connectivity index (χ3v) is 29.4. The Morgan fingerprint density at radius 3 is 1.03 bits per heavy atom. The Morgan fingerprint density at radius 1 is 0.241 bits per heavy atom. The fraction of sp³-hybridized carbons (Fsp3) is 0.0476. The van der Waals surface area contributed by atoms with Gasteiger partial charge in [0, 0.05) is 133 Å². The van der Waals surface area contributed by atoms with E-state index in [2.05, 4.69) is 465 Å². The first kappa shape index (κ1) is 75.0. The second kappa shape index (κ2) is 29.8. The van der Waals surface area contributed by atoms with Crippen molar-refractivity contribution in [1.82, 2.24) is 17.9 Å². The van der Waals surface area contributed by atoms with Gasteiger partial charge in [0.05, 0.1) is 55.2 Å². The molecule has 0 fully saturated rings. The Labute approximate surface area is 767 Å². The number of allylic oxidation sites excluding steroid dienone is 12. The summed E-state index contributed by atoms with van der Waals surface area (Å²) in [5, 5.41) is 17.5. The van der Waals surface area contributed by atoms with Crippen LogP contribution in [0.3, 0.4) is 0 Å². The van der Waals surface area contributed by atoms with E-state index in [4.69, 9.17) is 4.42 Å². The number of para-hydroxylation sites is 9. The van der Waals surface area contributed by atoms with Crippen molar-refractivity contribution >= 4 is 170 Å². The lowest BCUT2D eigenvalue weighted by molar-refractivity contribution is 0.664. The van der Waals surface area contributed by atoms with Crippen LogP contribution in [0, 0.1) is 0 Å². The fourth-order valence-corrected chi connectivity index (χ4v) is 23.3. The summed E-state index contributed by atoms with van der Waals surface area (Å²) in [6.45, 7) is 0. The molecular weight excluding hydrogens is 1610 g/mol. The first-order valence-electron chi connectivity index (χ1n) is 46.6. The van der Waals surface area contributed by atoms with E-state index < -0.39 is 0 Å². The summed E-state index contributed by atoms with van der Waals surface area (Å²) in [5.41, 5.74) is 39.5. The van der Waals surface area contributed by atoms with Gasteiger partial charge in [-0.2, -0.15) is 0 Å². The summed E-state index contributed by atoms with van der Waals surface area (Å²) >= 11 is 0. The number of fused-ring (bicyclic) bond motifs is 27. The minimum Gasteiger partial charge on any atom is -0.456 e. The van der Waals surface area contributed by atoms with Crippen LogP contribution < -0.4 is 9.80 Å². The van der Waals surface area contributed by atoms with Gasteiger partial charge in [0.15, 0.2) is 0 Å². The van der Waals surface area contributed by atoms with E-state index >= 15 is 0 Å². The minimum absolute atomic E-state index is 0.394. The van der Waals surface area contributed by atoms with E-state index in [0.29, 0.717) is 11.8 Å². The first-order valence-corrected chi connectivity index (χ1v) is 46.6. The molecule has 0 N–H and O–H groups in total. The number of hydrogen-bond donors (Lipinski definition) is 0. The zero-order valence-electron chi connectivity index (χ0n) is 72.8. The molecule has 2 atom stereocenters. The Bertz CT molecular complexity index is 9040. The van der Waals surface area contributed by atoms with Crippen LogP contribution in [-0.2, 0) is 0 Å². The Balaban J connectivity index is 0.000000133. The molecule has 7 nitrogen and oxygen atoms in total. The second-order valence-electron chi connectivity index (χ2n) is 36.4.